The largest absolute Gasteiger partial charge is 0.231 e. The topological polar surface area (TPSA) is 46.2 Å². The van der Waals surface area contributed by atoms with Gasteiger partial charge >= 0.3 is 0 Å². The number of sulfonamides is 1. The second kappa shape index (κ2) is 7.41. The van der Waals surface area contributed by atoms with E-state index in [4.69, 9.17) is 0 Å². The molecule has 1 aromatic carbocycles. The molecule has 0 bridgehead atoms. The second-order valence-corrected chi connectivity index (χ2v) is 9.35. The van der Waals surface area contributed by atoms with Crippen LogP contribution in [0.1, 0.15) is 36.8 Å². The lowest BCUT2D eigenvalue weighted by molar-refractivity contribution is 0.401. The summed E-state index contributed by atoms with van der Waals surface area (Å²) >= 11 is 3.02. The number of alkyl halides is 2. The first-order chi connectivity index (χ1) is 10.3. The molecule has 3 nitrogen and oxygen atoms in total. The number of hydrogen-bond acceptors (Lipinski definition) is 2. The fraction of sp³-hybridized carbons (Fsp3) is 0.625. The molecular weight excluding hydrogens is 369 g/mol. The lowest BCUT2D eigenvalue weighted by Gasteiger charge is -2.07. The third-order valence-electron chi connectivity index (χ3n) is 4.04. The van der Waals surface area contributed by atoms with Crippen LogP contribution in [-0.2, 0) is 16.4 Å². The molecule has 0 aromatic heterocycles. The fourth-order valence-corrected chi connectivity index (χ4v) is 4.13. The Kier molecular flexibility index (Phi) is 6.02. The first kappa shape index (κ1) is 17.9. The van der Waals surface area contributed by atoms with Crippen molar-refractivity contribution in [3.8, 4) is 0 Å². The summed E-state index contributed by atoms with van der Waals surface area (Å²) in [4.78, 5) is 0. The van der Waals surface area contributed by atoms with Crippen molar-refractivity contribution >= 4 is 26.0 Å². The summed E-state index contributed by atoms with van der Waals surface area (Å²) in [5.41, 5.74) is 2.20. The van der Waals surface area contributed by atoms with Crippen LogP contribution in [0.5, 0.6) is 0 Å². The van der Waals surface area contributed by atoms with E-state index in [9.17, 15) is 12.8 Å². The van der Waals surface area contributed by atoms with E-state index < -0.39 is 14.6 Å². The van der Waals surface area contributed by atoms with Crippen LogP contribution in [0.25, 0.3) is 0 Å². The maximum Gasteiger partial charge on any atom is 0.211 e. The first-order valence-electron chi connectivity index (χ1n) is 7.69. The Morgan fingerprint density at radius 2 is 1.95 bits per heavy atom. The van der Waals surface area contributed by atoms with Gasteiger partial charge in [0.25, 0.3) is 0 Å². The Labute approximate surface area is 140 Å². The van der Waals surface area contributed by atoms with Gasteiger partial charge in [0.05, 0.1) is 5.75 Å². The fourth-order valence-electron chi connectivity index (χ4n) is 2.41. The van der Waals surface area contributed by atoms with Crippen molar-refractivity contribution in [2.75, 3.05) is 12.3 Å². The van der Waals surface area contributed by atoms with Crippen LogP contribution in [0.3, 0.4) is 0 Å². The Balaban J connectivity index is 1.60. The Morgan fingerprint density at radius 3 is 2.55 bits per heavy atom. The minimum Gasteiger partial charge on any atom is -0.231 e. The summed E-state index contributed by atoms with van der Waals surface area (Å²) in [6.45, 7) is 2.44. The highest BCUT2D eigenvalue weighted by Gasteiger charge is 2.52. The van der Waals surface area contributed by atoms with Crippen molar-refractivity contribution in [3.05, 3.63) is 35.4 Å². The van der Waals surface area contributed by atoms with E-state index in [2.05, 4.69) is 20.7 Å². The minimum absolute atomic E-state index is 0.102. The molecule has 1 fully saturated rings. The summed E-state index contributed by atoms with van der Waals surface area (Å²) in [6, 6.07) is 7.90. The lowest BCUT2D eigenvalue weighted by atomic mass is 10.1. The molecule has 1 aliphatic carbocycles. The number of aryl methyl sites for hydroxylation is 2. The van der Waals surface area contributed by atoms with Gasteiger partial charge in [0.2, 0.25) is 10.0 Å². The first-order valence-corrected chi connectivity index (χ1v) is 10.1. The molecular formula is C16H23BrFNO2S. The van der Waals surface area contributed by atoms with Gasteiger partial charge in [-0.3, -0.25) is 0 Å². The van der Waals surface area contributed by atoms with Crippen molar-refractivity contribution in [1.29, 1.82) is 0 Å². The molecule has 1 saturated carbocycles. The van der Waals surface area contributed by atoms with Gasteiger partial charge in [-0.1, -0.05) is 36.2 Å². The molecule has 1 aromatic rings. The molecule has 2 unspecified atom stereocenters. The Morgan fingerprint density at radius 1 is 1.32 bits per heavy atom. The molecule has 0 spiro atoms. The van der Waals surface area contributed by atoms with Gasteiger partial charge in [-0.2, -0.15) is 0 Å². The van der Waals surface area contributed by atoms with Gasteiger partial charge in [-0.25, -0.2) is 17.5 Å². The number of halogens is 2. The molecule has 22 heavy (non-hydrogen) atoms. The number of hydrogen-bond donors (Lipinski definition) is 1. The highest BCUT2D eigenvalue weighted by molar-refractivity contribution is 9.10. The van der Waals surface area contributed by atoms with E-state index in [-0.39, 0.29) is 11.7 Å². The van der Waals surface area contributed by atoms with Gasteiger partial charge in [-0.05, 0) is 54.1 Å². The average molecular weight is 392 g/mol. The van der Waals surface area contributed by atoms with Crippen LogP contribution in [0.4, 0.5) is 4.39 Å². The zero-order valence-electron chi connectivity index (χ0n) is 12.8. The van der Waals surface area contributed by atoms with Crippen LogP contribution in [0.2, 0.25) is 0 Å². The molecule has 0 aliphatic heterocycles. The maximum atomic E-state index is 13.3. The van der Waals surface area contributed by atoms with Crippen molar-refractivity contribution in [2.24, 2.45) is 5.92 Å². The number of unbranched alkanes of at least 4 members (excludes halogenated alkanes) is 1. The molecule has 124 valence electrons. The molecule has 0 saturated heterocycles. The van der Waals surface area contributed by atoms with E-state index in [1.807, 2.05) is 31.2 Å². The molecule has 0 heterocycles. The van der Waals surface area contributed by atoms with E-state index in [1.165, 1.54) is 5.56 Å². The maximum absolute atomic E-state index is 13.3. The third-order valence-corrected chi connectivity index (χ3v) is 6.39. The van der Waals surface area contributed by atoms with Crippen molar-refractivity contribution in [1.82, 2.24) is 4.72 Å². The van der Waals surface area contributed by atoms with E-state index >= 15 is 0 Å². The van der Waals surface area contributed by atoms with Crippen molar-refractivity contribution in [2.45, 2.75) is 43.6 Å². The Bertz CT molecular complexity index is 587. The van der Waals surface area contributed by atoms with Crippen LogP contribution in [0.15, 0.2) is 24.3 Å². The number of nitrogens with one attached hydrogen (secondary N) is 1. The third kappa shape index (κ3) is 5.97. The van der Waals surface area contributed by atoms with Crippen molar-refractivity contribution < 1.29 is 12.8 Å². The van der Waals surface area contributed by atoms with Gasteiger partial charge in [0.15, 0.2) is 4.58 Å². The minimum atomic E-state index is -3.23. The lowest BCUT2D eigenvalue weighted by Crippen LogP contribution is -2.28. The van der Waals surface area contributed by atoms with Gasteiger partial charge in [0, 0.05) is 12.5 Å². The summed E-state index contributed by atoms with van der Waals surface area (Å²) in [6.07, 6.45) is 3.51. The van der Waals surface area contributed by atoms with Gasteiger partial charge in [-0.15, -0.1) is 0 Å². The highest BCUT2D eigenvalue weighted by Crippen LogP contribution is 2.54. The summed E-state index contributed by atoms with van der Waals surface area (Å²) < 4.78 is 38.5. The molecule has 2 atom stereocenters. The Hall–Kier alpha value is -0.460. The summed E-state index contributed by atoms with van der Waals surface area (Å²) in [5.74, 6) is 0.207. The average Bonchev–Trinajstić information content (AvgIpc) is 3.05. The normalized spacial score (nSPS) is 24.4. The highest BCUT2D eigenvalue weighted by atomic mass is 79.9. The smallest absolute Gasteiger partial charge is 0.211 e. The van der Waals surface area contributed by atoms with Crippen LogP contribution < -0.4 is 4.72 Å². The second-order valence-electron chi connectivity index (χ2n) is 6.11. The van der Waals surface area contributed by atoms with E-state index in [1.54, 1.807) is 0 Å². The number of benzene rings is 1. The van der Waals surface area contributed by atoms with Gasteiger partial charge < -0.3 is 0 Å². The zero-order valence-corrected chi connectivity index (χ0v) is 15.2. The molecule has 1 N–H and O–H groups in total. The van der Waals surface area contributed by atoms with Crippen LogP contribution in [0, 0.1) is 12.8 Å². The summed E-state index contributed by atoms with van der Waals surface area (Å²) in [7, 11) is -3.23. The van der Waals surface area contributed by atoms with E-state index in [0.29, 0.717) is 19.4 Å². The molecule has 0 radical (unpaired) electrons. The van der Waals surface area contributed by atoms with E-state index in [0.717, 1.165) is 24.8 Å². The van der Waals surface area contributed by atoms with Gasteiger partial charge in [0.1, 0.15) is 0 Å². The molecule has 1 aliphatic rings. The zero-order chi connectivity index (χ0) is 16.2. The standard InChI is InChI=1S/C16H23BrFNO2S/c1-13-5-7-14(8-6-13)9-11-22(20,21)19-10-3-2-4-15-12-16(15,17)18/h5-8,15,19H,2-4,9-12H2,1H3. The van der Waals surface area contributed by atoms with Crippen LogP contribution in [-0.4, -0.2) is 25.3 Å². The molecule has 0 amide bonds. The molecule has 6 heteroatoms. The monoisotopic (exact) mass is 391 g/mol. The predicted molar refractivity (Wildman–Crippen MR) is 91.4 cm³/mol. The molecule has 2 rings (SSSR count). The predicted octanol–water partition coefficient (Wildman–Crippen LogP) is 3.71. The van der Waals surface area contributed by atoms with Crippen molar-refractivity contribution in [3.63, 3.8) is 0 Å². The van der Waals surface area contributed by atoms with Crippen LogP contribution >= 0.6 is 15.9 Å². The number of rotatable bonds is 9. The SMILES string of the molecule is Cc1ccc(CCS(=O)(=O)NCCCCC2CC2(F)Br)cc1. The quantitative estimate of drug-likeness (QED) is 0.515. The summed E-state index contributed by atoms with van der Waals surface area (Å²) in [5, 5.41) is 0.